The zero-order chi connectivity index (χ0) is 12.1. The van der Waals surface area contributed by atoms with Crippen molar-refractivity contribution in [2.45, 2.75) is 13.5 Å². The number of hydrogen-bond acceptors (Lipinski definition) is 3. The first-order valence-electron chi connectivity index (χ1n) is 5.44. The molecule has 1 aromatic heterocycles. The number of nitrogens with zero attached hydrogens (tertiary/aromatic N) is 2. The first-order chi connectivity index (χ1) is 8.29. The van der Waals surface area contributed by atoms with Crippen molar-refractivity contribution in [2.75, 3.05) is 5.32 Å². The summed E-state index contributed by atoms with van der Waals surface area (Å²) in [4.78, 5) is 4.23. The second kappa shape index (κ2) is 5.13. The fraction of sp³-hybridized carbons (Fsp3) is 0.143. The van der Waals surface area contributed by atoms with Gasteiger partial charge in [-0.05, 0) is 30.7 Å². The predicted octanol–water partition coefficient (Wildman–Crippen LogP) is 2.87. The summed E-state index contributed by atoms with van der Waals surface area (Å²) in [5.41, 5.74) is 3.62. The number of nitrogens with one attached hydrogen (secondary N) is 1. The third-order valence-electron chi connectivity index (χ3n) is 2.50. The maximum absolute atomic E-state index is 8.95. The van der Waals surface area contributed by atoms with Crippen molar-refractivity contribution in [3.63, 3.8) is 0 Å². The van der Waals surface area contributed by atoms with Gasteiger partial charge in [-0.2, -0.15) is 5.26 Å². The molecule has 0 atom stereocenters. The van der Waals surface area contributed by atoms with E-state index >= 15 is 0 Å². The zero-order valence-electron chi connectivity index (χ0n) is 9.64. The van der Waals surface area contributed by atoms with E-state index in [1.165, 1.54) is 0 Å². The van der Waals surface area contributed by atoms with E-state index in [1.807, 2.05) is 43.5 Å². The Morgan fingerprint density at radius 1 is 1.24 bits per heavy atom. The van der Waals surface area contributed by atoms with E-state index in [1.54, 1.807) is 6.07 Å². The average Bonchev–Trinajstić information content (AvgIpc) is 2.38. The van der Waals surface area contributed by atoms with Crippen LogP contribution in [0.25, 0.3) is 0 Å². The smallest absolute Gasteiger partial charge is 0.101 e. The molecule has 0 radical (unpaired) electrons. The molecule has 3 heteroatoms. The quantitative estimate of drug-likeness (QED) is 0.870. The maximum atomic E-state index is 8.95. The molecule has 0 amide bonds. The van der Waals surface area contributed by atoms with Crippen LogP contribution in [0.1, 0.15) is 16.8 Å². The summed E-state index contributed by atoms with van der Waals surface area (Å²) in [5, 5.41) is 12.2. The van der Waals surface area contributed by atoms with Crippen molar-refractivity contribution in [3.05, 3.63) is 59.4 Å². The Balaban J connectivity index is 2.08. The van der Waals surface area contributed by atoms with Crippen LogP contribution in [0.3, 0.4) is 0 Å². The van der Waals surface area contributed by atoms with Crippen molar-refractivity contribution in [1.82, 2.24) is 4.98 Å². The molecule has 0 aliphatic heterocycles. The molecule has 17 heavy (non-hydrogen) atoms. The van der Waals surface area contributed by atoms with Crippen molar-refractivity contribution < 1.29 is 0 Å². The van der Waals surface area contributed by atoms with Gasteiger partial charge >= 0.3 is 0 Å². The minimum atomic E-state index is 0.660. The highest BCUT2D eigenvalue weighted by molar-refractivity contribution is 5.57. The number of nitriles is 1. The molecule has 0 aliphatic carbocycles. The predicted molar refractivity (Wildman–Crippen MR) is 67.5 cm³/mol. The van der Waals surface area contributed by atoms with Crippen molar-refractivity contribution in [2.24, 2.45) is 0 Å². The number of aromatic nitrogens is 1. The highest BCUT2D eigenvalue weighted by atomic mass is 14.9. The molecule has 1 aromatic carbocycles. The van der Waals surface area contributed by atoms with E-state index < -0.39 is 0 Å². The number of pyridine rings is 1. The van der Waals surface area contributed by atoms with Gasteiger partial charge in [-0.15, -0.1) is 0 Å². The molecule has 1 heterocycles. The summed E-state index contributed by atoms with van der Waals surface area (Å²) in [7, 11) is 0. The van der Waals surface area contributed by atoms with Gasteiger partial charge in [-0.3, -0.25) is 4.98 Å². The van der Waals surface area contributed by atoms with Crippen molar-refractivity contribution in [3.8, 4) is 6.07 Å². The van der Waals surface area contributed by atoms with E-state index in [2.05, 4.69) is 16.4 Å². The van der Waals surface area contributed by atoms with E-state index in [4.69, 9.17) is 5.26 Å². The summed E-state index contributed by atoms with van der Waals surface area (Å²) >= 11 is 0. The Morgan fingerprint density at radius 2 is 2.06 bits per heavy atom. The third kappa shape index (κ3) is 2.82. The van der Waals surface area contributed by atoms with Gasteiger partial charge in [0.1, 0.15) is 6.07 Å². The lowest BCUT2D eigenvalue weighted by Gasteiger charge is -2.07. The number of anilines is 1. The molecule has 0 aliphatic rings. The van der Waals surface area contributed by atoms with Crippen LogP contribution in [0, 0.1) is 18.3 Å². The van der Waals surface area contributed by atoms with Crippen molar-refractivity contribution >= 4 is 5.69 Å². The van der Waals surface area contributed by atoms with Crippen LogP contribution in [-0.2, 0) is 6.54 Å². The van der Waals surface area contributed by atoms with E-state index in [-0.39, 0.29) is 0 Å². The fourth-order valence-corrected chi connectivity index (χ4v) is 1.54. The van der Waals surface area contributed by atoms with Crippen LogP contribution >= 0.6 is 0 Å². The van der Waals surface area contributed by atoms with Crippen LogP contribution in [0.15, 0.2) is 42.6 Å². The lowest BCUT2D eigenvalue weighted by atomic mass is 10.2. The van der Waals surface area contributed by atoms with Gasteiger partial charge in [0.2, 0.25) is 0 Å². The summed E-state index contributed by atoms with van der Waals surface area (Å²) in [6.45, 7) is 2.63. The molecule has 0 unspecified atom stereocenters. The second-order valence-electron chi connectivity index (χ2n) is 3.82. The Morgan fingerprint density at radius 3 is 2.76 bits per heavy atom. The topological polar surface area (TPSA) is 48.7 Å². The first-order valence-corrected chi connectivity index (χ1v) is 5.44. The molecular weight excluding hydrogens is 210 g/mol. The van der Waals surface area contributed by atoms with Crippen LogP contribution in [-0.4, -0.2) is 4.98 Å². The van der Waals surface area contributed by atoms with Gasteiger partial charge in [0.15, 0.2) is 0 Å². The molecule has 0 spiro atoms. The standard InChI is InChI=1S/C14H13N3/c1-11-6-7-12(9-16-11)10-17-14-5-3-2-4-13(14)8-15/h2-7,9,17H,10H2,1H3. The maximum Gasteiger partial charge on any atom is 0.101 e. The normalized spacial score (nSPS) is 9.65. The van der Waals surface area contributed by atoms with Gasteiger partial charge in [0.05, 0.1) is 11.3 Å². The summed E-state index contributed by atoms with van der Waals surface area (Å²) in [5.74, 6) is 0. The molecule has 2 rings (SSSR count). The monoisotopic (exact) mass is 223 g/mol. The molecule has 0 saturated carbocycles. The second-order valence-corrected chi connectivity index (χ2v) is 3.82. The zero-order valence-corrected chi connectivity index (χ0v) is 9.64. The summed E-state index contributed by atoms with van der Waals surface area (Å²) < 4.78 is 0. The first kappa shape index (κ1) is 11.2. The summed E-state index contributed by atoms with van der Waals surface area (Å²) in [6.07, 6.45) is 1.84. The molecule has 0 bridgehead atoms. The lowest BCUT2D eigenvalue weighted by molar-refractivity contribution is 1.08. The molecule has 0 fully saturated rings. The SMILES string of the molecule is Cc1ccc(CNc2ccccc2C#N)cn1. The number of benzene rings is 1. The molecule has 1 N–H and O–H groups in total. The highest BCUT2D eigenvalue weighted by Crippen LogP contribution is 2.14. The van der Waals surface area contributed by atoms with E-state index in [0.717, 1.165) is 16.9 Å². The minimum Gasteiger partial charge on any atom is -0.380 e. The van der Waals surface area contributed by atoms with Gasteiger partial charge in [-0.25, -0.2) is 0 Å². The number of para-hydroxylation sites is 1. The third-order valence-corrected chi connectivity index (χ3v) is 2.50. The van der Waals surface area contributed by atoms with Gasteiger partial charge in [0.25, 0.3) is 0 Å². The van der Waals surface area contributed by atoms with Gasteiger partial charge in [-0.1, -0.05) is 18.2 Å². The lowest BCUT2D eigenvalue weighted by Crippen LogP contribution is -2.01. The Bertz CT molecular complexity index is 538. The molecule has 84 valence electrons. The minimum absolute atomic E-state index is 0.660. The largest absolute Gasteiger partial charge is 0.380 e. The molecular formula is C14H13N3. The Hall–Kier alpha value is -2.34. The number of rotatable bonds is 3. The van der Waals surface area contributed by atoms with E-state index in [9.17, 15) is 0 Å². The average molecular weight is 223 g/mol. The van der Waals surface area contributed by atoms with Gasteiger partial charge < -0.3 is 5.32 Å². The Labute approximate surface area is 101 Å². The molecule has 2 aromatic rings. The Kier molecular flexibility index (Phi) is 3.37. The van der Waals surface area contributed by atoms with Crippen molar-refractivity contribution in [1.29, 1.82) is 5.26 Å². The highest BCUT2D eigenvalue weighted by Gasteiger charge is 2.00. The van der Waals surface area contributed by atoms with Crippen LogP contribution in [0.2, 0.25) is 0 Å². The van der Waals surface area contributed by atoms with E-state index in [0.29, 0.717) is 12.1 Å². The molecule has 0 saturated heterocycles. The van der Waals surface area contributed by atoms with Crippen LogP contribution in [0.5, 0.6) is 0 Å². The van der Waals surface area contributed by atoms with Gasteiger partial charge in [0, 0.05) is 18.4 Å². The van der Waals surface area contributed by atoms with Crippen LogP contribution < -0.4 is 5.32 Å². The van der Waals surface area contributed by atoms with Crippen LogP contribution in [0.4, 0.5) is 5.69 Å². The number of hydrogen-bond donors (Lipinski definition) is 1. The molecule has 3 nitrogen and oxygen atoms in total. The number of aryl methyl sites for hydroxylation is 1. The summed E-state index contributed by atoms with van der Waals surface area (Å²) in [6, 6.07) is 13.7. The fourth-order valence-electron chi connectivity index (χ4n) is 1.54.